The zero-order chi connectivity index (χ0) is 19.1. The van der Waals surface area contributed by atoms with E-state index in [1.165, 1.54) is 0 Å². The third-order valence-electron chi connectivity index (χ3n) is 5.52. The second-order valence-corrected chi connectivity index (χ2v) is 8.50. The first-order valence-electron chi connectivity index (χ1n) is 9.72. The summed E-state index contributed by atoms with van der Waals surface area (Å²) in [5.41, 5.74) is 10.2. The van der Waals surface area contributed by atoms with Crippen molar-refractivity contribution < 1.29 is 5.11 Å². The van der Waals surface area contributed by atoms with Gasteiger partial charge >= 0.3 is 0 Å². The van der Waals surface area contributed by atoms with Crippen LogP contribution in [0.4, 0.5) is 11.1 Å². The van der Waals surface area contributed by atoms with Crippen LogP contribution in [-0.4, -0.2) is 31.8 Å². The molecule has 2 aromatic carbocycles. The van der Waals surface area contributed by atoms with Crippen LogP contribution in [0.1, 0.15) is 31.2 Å². The van der Waals surface area contributed by atoms with E-state index in [1.807, 2.05) is 28.8 Å². The van der Waals surface area contributed by atoms with Crippen molar-refractivity contribution in [1.29, 1.82) is 0 Å². The number of nitrogens with zero attached hydrogens (tertiary/aromatic N) is 3. The number of rotatable bonds is 4. The Morgan fingerprint density at radius 3 is 2.86 bits per heavy atom. The van der Waals surface area contributed by atoms with E-state index in [9.17, 15) is 5.11 Å². The number of aliphatic hydroxyl groups excluding tert-OH is 1. The van der Waals surface area contributed by atoms with Gasteiger partial charge in [-0.1, -0.05) is 42.4 Å². The van der Waals surface area contributed by atoms with Gasteiger partial charge in [0.2, 0.25) is 5.95 Å². The number of para-hydroxylation sites is 2. The lowest BCUT2D eigenvalue weighted by atomic mass is 9.93. The van der Waals surface area contributed by atoms with E-state index in [-0.39, 0.29) is 12.1 Å². The van der Waals surface area contributed by atoms with Crippen LogP contribution >= 0.6 is 11.3 Å². The Labute approximate surface area is 167 Å². The molecule has 0 radical (unpaired) electrons. The lowest BCUT2D eigenvalue weighted by Gasteiger charge is -2.27. The normalized spacial score (nSPS) is 20.0. The molecule has 0 amide bonds. The van der Waals surface area contributed by atoms with Crippen molar-refractivity contribution in [2.24, 2.45) is 0 Å². The third kappa shape index (κ3) is 3.21. The predicted octanol–water partition coefficient (Wildman–Crippen LogP) is 3.99. The highest BCUT2D eigenvalue weighted by Gasteiger charge is 2.23. The summed E-state index contributed by atoms with van der Waals surface area (Å²) in [4.78, 5) is 9.14. The first kappa shape index (κ1) is 17.5. The minimum atomic E-state index is -0.283. The SMILES string of the molecule is Nc1nc2ccccc2n1Cc1ccc2nc(N[C@@H]3CCCC[C@H]3O)sc2c1. The summed E-state index contributed by atoms with van der Waals surface area (Å²) in [6.07, 6.45) is 3.84. The quantitative estimate of drug-likeness (QED) is 0.488. The van der Waals surface area contributed by atoms with Gasteiger partial charge in [-0.05, 0) is 42.7 Å². The third-order valence-corrected chi connectivity index (χ3v) is 6.47. The summed E-state index contributed by atoms with van der Waals surface area (Å²) in [6, 6.07) is 14.4. The van der Waals surface area contributed by atoms with Crippen molar-refractivity contribution in [3.8, 4) is 0 Å². The number of thiazole rings is 1. The van der Waals surface area contributed by atoms with Gasteiger partial charge in [-0.3, -0.25) is 0 Å². The molecule has 28 heavy (non-hydrogen) atoms. The van der Waals surface area contributed by atoms with E-state index in [4.69, 9.17) is 10.7 Å². The smallest absolute Gasteiger partial charge is 0.201 e. The Hall–Kier alpha value is -2.64. The van der Waals surface area contributed by atoms with Crippen LogP contribution in [0.15, 0.2) is 42.5 Å². The average molecular weight is 394 g/mol. The molecule has 7 heteroatoms. The van der Waals surface area contributed by atoms with Crippen molar-refractivity contribution >= 4 is 43.7 Å². The summed E-state index contributed by atoms with van der Waals surface area (Å²) in [5, 5.41) is 14.5. The first-order valence-corrected chi connectivity index (χ1v) is 10.5. The molecule has 1 aliphatic rings. The van der Waals surface area contributed by atoms with Crippen LogP contribution in [0, 0.1) is 0 Å². The van der Waals surface area contributed by atoms with Gasteiger partial charge in [0.15, 0.2) is 5.13 Å². The van der Waals surface area contributed by atoms with Gasteiger partial charge < -0.3 is 20.7 Å². The Morgan fingerprint density at radius 1 is 1.11 bits per heavy atom. The van der Waals surface area contributed by atoms with Crippen molar-refractivity contribution in [2.45, 2.75) is 44.4 Å². The molecular formula is C21H23N5OS. The molecule has 0 saturated heterocycles. The van der Waals surface area contributed by atoms with E-state index < -0.39 is 0 Å². The van der Waals surface area contributed by atoms with Crippen LogP contribution in [-0.2, 0) is 6.54 Å². The van der Waals surface area contributed by atoms with Crippen molar-refractivity contribution in [3.05, 3.63) is 48.0 Å². The summed E-state index contributed by atoms with van der Waals surface area (Å²) in [7, 11) is 0. The van der Waals surface area contributed by atoms with Gasteiger partial charge in [-0.25, -0.2) is 9.97 Å². The van der Waals surface area contributed by atoms with Gasteiger partial charge in [0.05, 0.1) is 39.9 Å². The summed E-state index contributed by atoms with van der Waals surface area (Å²) in [6.45, 7) is 0.671. The molecule has 0 aliphatic heterocycles. The van der Waals surface area contributed by atoms with Crippen LogP contribution in [0.2, 0.25) is 0 Å². The number of anilines is 2. The molecular weight excluding hydrogens is 370 g/mol. The van der Waals surface area contributed by atoms with E-state index in [0.29, 0.717) is 12.5 Å². The van der Waals surface area contributed by atoms with Gasteiger partial charge in [0, 0.05) is 0 Å². The Kier molecular flexibility index (Phi) is 4.41. The molecule has 6 nitrogen and oxygen atoms in total. The molecule has 0 spiro atoms. The second-order valence-electron chi connectivity index (χ2n) is 7.47. The van der Waals surface area contributed by atoms with Crippen LogP contribution < -0.4 is 11.1 Å². The number of fused-ring (bicyclic) bond motifs is 2. The maximum absolute atomic E-state index is 10.2. The van der Waals surface area contributed by atoms with Crippen molar-refractivity contribution in [3.63, 3.8) is 0 Å². The lowest BCUT2D eigenvalue weighted by molar-refractivity contribution is 0.116. The number of imidazole rings is 1. The highest BCUT2D eigenvalue weighted by Crippen LogP contribution is 2.30. The standard InChI is InChI=1S/C21H23N5OS/c22-20-23-14-5-1-3-7-17(14)26(20)12-13-9-10-16-19(11-13)28-21(25-16)24-15-6-2-4-8-18(15)27/h1,3,5,7,9-11,15,18,27H,2,4,6,8,12H2,(H2,22,23)(H,24,25)/t15-,18-/m1/s1. The van der Waals surface area contributed by atoms with Gasteiger partial charge in [0.1, 0.15) is 0 Å². The summed E-state index contributed by atoms with van der Waals surface area (Å²) in [5.74, 6) is 0.527. The predicted molar refractivity (Wildman–Crippen MR) is 115 cm³/mol. The zero-order valence-corrected chi connectivity index (χ0v) is 16.3. The first-order chi connectivity index (χ1) is 13.7. The fraction of sp³-hybridized carbons (Fsp3) is 0.333. The van der Waals surface area contributed by atoms with Crippen molar-refractivity contribution in [2.75, 3.05) is 11.1 Å². The molecule has 144 valence electrons. The van der Waals surface area contributed by atoms with Crippen LogP contribution in [0.5, 0.6) is 0 Å². The number of aliphatic hydroxyl groups is 1. The number of aromatic nitrogens is 3. The fourth-order valence-electron chi connectivity index (χ4n) is 4.01. The molecule has 2 aromatic heterocycles. The fourth-order valence-corrected chi connectivity index (χ4v) is 5.00. The molecule has 2 atom stereocenters. The topological polar surface area (TPSA) is 89.0 Å². The minimum absolute atomic E-state index is 0.103. The van der Waals surface area contributed by atoms with Gasteiger partial charge in [-0.2, -0.15) is 0 Å². The van der Waals surface area contributed by atoms with Crippen LogP contribution in [0.3, 0.4) is 0 Å². The van der Waals surface area contributed by atoms with E-state index in [0.717, 1.165) is 57.6 Å². The molecule has 4 N–H and O–H groups in total. The highest BCUT2D eigenvalue weighted by molar-refractivity contribution is 7.22. The number of hydrogen-bond acceptors (Lipinski definition) is 6. The highest BCUT2D eigenvalue weighted by atomic mass is 32.1. The minimum Gasteiger partial charge on any atom is -0.391 e. The van der Waals surface area contributed by atoms with Crippen LogP contribution in [0.25, 0.3) is 21.3 Å². The van der Waals surface area contributed by atoms with Crippen molar-refractivity contribution in [1.82, 2.24) is 14.5 Å². The Bertz CT molecular complexity index is 1130. The zero-order valence-electron chi connectivity index (χ0n) is 15.5. The largest absolute Gasteiger partial charge is 0.391 e. The van der Waals surface area contributed by atoms with E-state index >= 15 is 0 Å². The number of nitrogen functional groups attached to an aromatic ring is 1. The Balaban J connectivity index is 1.41. The molecule has 4 aromatic rings. The van der Waals surface area contributed by atoms with Gasteiger partial charge in [0.25, 0.3) is 0 Å². The molecule has 1 fully saturated rings. The Morgan fingerprint density at radius 2 is 1.96 bits per heavy atom. The van der Waals surface area contributed by atoms with E-state index in [2.05, 4.69) is 28.5 Å². The molecule has 2 heterocycles. The monoisotopic (exact) mass is 393 g/mol. The molecule has 0 bridgehead atoms. The lowest BCUT2D eigenvalue weighted by Crippen LogP contribution is -2.36. The molecule has 1 aliphatic carbocycles. The number of benzene rings is 2. The summed E-state index contributed by atoms with van der Waals surface area (Å²) < 4.78 is 3.17. The molecule has 0 unspecified atom stereocenters. The maximum atomic E-state index is 10.2. The molecule has 1 saturated carbocycles. The molecule has 5 rings (SSSR count). The average Bonchev–Trinajstić information content (AvgIpc) is 3.24. The number of nitrogens with one attached hydrogen (secondary N) is 1. The summed E-state index contributed by atoms with van der Waals surface area (Å²) >= 11 is 1.64. The number of hydrogen-bond donors (Lipinski definition) is 3. The van der Waals surface area contributed by atoms with Gasteiger partial charge in [-0.15, -0.1) is 0 Å². The maximum Gasteiger partial charge on any atom is 0.201 e. The second kappa shape index (κ2) is 7.07. The van der Waals surface area contributed by atoms with E-state index in [1.54, 1.807) is 11.3 Å². The number of nitrogens with two attached hydrogens (primary N) is 1.